The number of methoxy groups -OCH3 is 1. The van der Waals surface area contributed by atoms with Gasteiger partial charge in [0.2, 0.25) is 0 Å². The van der Waals surface area contributed by atoms with Crippen molar-refractivity contribution in [1.29, 1.82) is 0 Å². The molecule has 0 radical (unpaired) electrons. The number of benzene rings is 1. The number of rotatable bonds is 6. The zero-order chi connectivity index (χ0) is 20.1. The Labute approximate surface area is 165 Å². The largest absolute Gasteiger partial charge is 0.733 e. The summed E-state index contributed by atoms with van der Waals surface area (Å²) >= 11 is 3.20. The molecule has 0 fully saturated rings. The van der Waals surface area contributed by atoms with E-state index in [2.05, 4.69) is 21.2 Å². The number of anilines is 1. The number of nitrogens with zero attached hydrogens (tertiary/aromatic N) is 1. The zero-order valence-electron chi connectivity index (χ0n) is 15.1. The summed E-state index contributed by atoms with van der Waals surface area (Å²) in [4.78, 5) is 25.1. The highest BCUT2D eigenvalue weighted by molar-refractivity contribution is 9.09. The minimum absolute atomic E-state index is 0.0290. The van der Waals surface area contributed by atoms with Crippen LogP contribution in [-0.2, 0) is 19.1 Å². The molecule has 2 rings (SSSR count). The number of allylic oxidation sites excluding steroid dienone is 2. The number of hydrogen-bond acceptors (Lipinski definition) is 8. The lowest BCUT2D eigenvalue weighted by Gasteiger charge is -2.31. The van der Waals surface area contributed by atoms with Crippen molar-refractivity contribution in [1.82, 2.24) is 5.32 Å². The lowest BCUT2D eigenvalue weighted by Crippen LogP contribution is -2.32. The molecule has 0 saturated carbocycles. The second-order valence-electron chi connectivity index (χ2n) is 5.82. The molecule has 1 heterocycles. The van der Waals surface area contributed by atoms with Gasteiger partial charge in [-0.2, -0.15) is 0 Å². The molecule has 1 aromatic carbocycles. The molecule has 0 aliphatic carbocycles. The molecule has 1 aliphatic heterocycles. The van der Waals surface area contributed by atoms with E-state index in [1.165, 1.54) is 19.2 Å². The van der Waals surface area contributed by atoms with Crippen molar-refractivity contribution in [2.45, 2.75) is 19.8 Å². The Bertz CT molecular complexity index is 803. The fourth-order valence-electron chi connectivity index (χ4n) is 3.01. The monoisotopic (exact) mass is 439 g/mol. The Balaban J connectivity index is 2.64. The summed E-state index contributed by atoms with van der Waals surface area (Å²) in [6, 6.07) is 6.02. The highest BCUT2D eigenvalue weighted by Crippen LogP contribution is 2.40. The molecule has 2 N–H and O–H groups in total. The molecule has 8 nitrogen and oxygen atoms in total. The second kappa shape index (κ2) is 9.03. The summed E-state index contributed by atoms with van der Waals surface area (Å²) in [6.07, 6.45) is 0. The first-order valence-corrected chi connectivity index (χ1v) is 9.20. The maximum absolute atomic E-state index is 12.7. The first kappa shape index (κ1) is 20.9. The van der Waals surface area contributed by atoms with Gasteiger partial charge in [-0.25, -0.2) is 9.59 Å². The summed E-state index contributed by atoms with van der Waals surface area (Å²) in [5.41, 5.74) is 1.94. The summed E-state index contributed by atoms with van der Waals surface area (Å²) in [5.74, 6) is -2.02. The van der Waals surface area contributed by atoms with E-state index in [1.54, 1.807) is 26.0 Å². The van der Waals surface area contributed by atoms with Crippen molar-refractivity contribution in [2.75, 3.05) is 24.3 Å². The molecule has 146 valence electrons. The van der Waals surface area contributed by atoms with Crippen LogP contribution >= 0.6 is 15.9 Å². The third kappa shape index (κ3) is 4.49. The third-order valence-electron chi connectivity index (χ3n) is 4.12. The van der Waals surface area contributed by atoms with Crippen molar-refractivity contribution in [3.05, 3.63) is 57.6 Å². The molecule has 0 saturated heterocycles. The Hall–Kier alpha value is -2.36. The number of hydrogen-bond donors (Lipinski definition) is 2. The highest BCUT2D eigenvalue weighted by Gasteiger charge is 2.37. The van der Waals surface area contributed by atoms with Gasteiger partial charge in [-0.05, 0) is 31.5 Å². The van der Waals surface area contributed by atoms with E-state index in [-0.39, 0.29) is 28.7 Å². The van der Waals surface area contributed by atoms with Crippen LogP contribution in [0.15, 0.2) is 46.8 Å². The lowest BCUT2D eigenvalue weighted by atomic mass is 9.80. The van der Waals surface area contributed by atoms with Gasteiger partial charge in [0.15, 0.2) is 0 Å². The first-order chi connectivity index (χ1) is 12.8. The summed E-state index contributed by atoms with van der Waals surface area (Å²) < 4.78 is 10.1. The van der Waals surface area contributed by atoms with E-state index in [0.717, 1.165) is 0 Å². The molecular weight excluding hydrogens is 420 g/mol. The molecule has 1 atom stereocenters. The molecule has 0 unspecified atom stereocenters. The minimum Gasteiger partial charge on any atom is -0.733 e. The van der Waals surface area contributed by atoms with E-state index >= 15 is 0 Å². The Morgan fingerprint density at radius 1 is 1.26 bits per heavy atom. The molecule has 1 aromatic rings. The molecule has 1 aliphatic rings. The fraction of sp³-hybridized carbons (Fsp3) is 0.333. The van der Waals surface area contributed by atoms with Gasteiger partial charge < -0.3 is 25.2 Å². The van der Waals surface area contributed by atoms with Crippen molar-refractivity contribution >= 4 is 33.6 Å². The van der Waals surface area contributed by atoms with Crippen molar-refractivity contribution in [3.63, 3.8) is 0 Å². The third-order valence-corrected chi connectivity index (χ3v) is 4.44. The van der Waals surface area contributed by atoms with Crippen LogP contribution in [0.2, 0.25) is 0 Å². The van der Waals surface area contributed by atoms with Crippen LogP contribution < -0.4 is 10.5 Å². The van der Waals surface area contributed by atoms with Gasteiger partial charge in [-0.15, -0.1) is 0 Å². The van der Waals surface area contributed by atoms with Gasteiger partial charge in [0.05, 0.1) is 29.9 Å². The van der Waals surface area contributed by atoms with Crippen molar-refractivity contribution in [2.24, 2.45) is 0 Å². The molecule has 9 heteroatoms. The molecule has 0 amide bonds. The van der Waals surface area contributed by atoms with E-state index in [9.17, 15) is 20.0 Å². The topological polar surface area (TPSA) is 111 Å². The summed E-state index contributed by atoms with van der Waals surface area (Å²) in [6.45, 7) is 3.55. The predicted octanol–water partition coefficient (Wildman–Crippen LogP) is 2.73. The lowest BCUT2D eigenvalue weighted by molar-refractivity contribution is -0.138. The van der Waals surface area contributed by atoms with E-state index in [0.29, 0.717) is 22.3 Å². The van der Waals surface area contributed by atoms with Gasteiger partial charge in [-0.1, -0.05) is 28.1 Å². The number of esters is 2. The van der Waals surface area contributed by atoms with Crippen LogP contribution in [0.1, 0.15) is 25.3 Å². The maximum Gasteiger partial charge on any atom is 0.336 e. The number of carbonyl (C=O) groups is 2. The molecular formula is C18H20BrN2O6-. The quantitative estimate of drug-likeness (QED) is 0.395. The van der Waals surface area contributed by atoms with E-state index in [4.69, 9.17) is 9.47 Å². The maximum atomic E-state index is 12.7. The average molecular weight is 440 g/mol. The SMILES string of the molecule is COC(=O)C1=C(C)NC(C)=C(C(=O)OCCBr)[C@H]1c1cccc(N([O-])O)c1. The predicted molar refractivity (Wildman–Crippen MR) is 102 cm³/mol. The Morgan fingerprint density at radius 3 is 2.44 bits per heavy atom. The normalized spacial score (nSPS) is 16.7. The molecule has 27 heavy (non-hydrogen) atoms. The fourth-order valence-corrected chi connectivity index (χ4v) is 3.17. The second-order valence-corrected chi connectivity index (χ2v) is 6.61. The number of dihydropyridines is 1. The Kier molecular flexibility index (Phi) is 7.00. The van der Waals surface area contributed by atoms with Gasteiger partial charge in [0.25, 0.3) is 0 Å². The summed E-state index contributed by atoms with van der Waals surface area (Å²) in [7, 11) is 1.25. The van der Waals surface area contributed by atoms with Crippen LogP contribution in [-0.4, -0.2) is 36.2 Å². The van der Waals surface area contributed by atoms with Crippen LogP contribution in [0.5, 0.6) is 0 Å². The van der Waals surface area contributed by atoms with Crippen LogP contribution in [0.3, 0.4) is 0 Å². The van der Waals surface area contributed by atoms with Gasteiger partial charge >= 0.3 is 11.9 Å². The van der Waals surface area contributed by atoms with E-state index < -0.39 is 17.9 Å². The molecule has 0 bridgehead atoms. The number of alkyl halides is 1. The van der Waals surface area contributed by atoms with Gasteiger partial charge in [0.1, 0.15) is 6.61 Å². The van der Waals surface area contributed by atoms with Crippen LogP contribution in [0.25, 0.3) is 0 Å². The number of nitrogens with one attached hydrogen (secondary N) is 1. The van der Waals surface area contributed by atoms with E-state index in [1.807, 2.05) is 0 Å². The van der Waals surface area contributed by atoms with Crippen molar-refractivity contribution in [3.8, 4) is 0 Å². The zero-order valence-corrected chi connectivity index (χ0v) is 16.7. The Morgan fingerprint density at radius 2 is 1.89 bits per heavy atom. The van der Waals surface area contributed by atoms with Gasteiger partial charge in [0, 0.05) is 16.7 Å². The minimum atomic E-state index is -0.818. The number of halogens is 1. The van der Waals surface area contributed by atoms with Crippen LogP contribution in [0, 0.1) is 5.21 Å². The standard InChI is InChI=1S/C18H20BrN2O6/c1-10-14(17(22)26-3)16(12-5-4-6-13(9-12)21(24)25)15(11(2)20-10)18(23)27-8-7-19/h4-6,9,16,20,24H,7-8H2,1-3H3/q-1/t16-/m0/s1. The number of ether oxygens (including phenoxy) is 2. The highest BCUT2D eigenvalue weighted by atomic mass is 79.9. The van der Waals surface area contributed by atoms with Crippen molar-refractivity contribution < 1.29 is 24.3 Å². The van der Waals surface area contributed by atoms with Gasteiger partial charge in [-0.3, -0.25) is 5.21 Å². The molecule has 0 aromatic heterocycles. The summed E-state index contributed by atoms with van der Waals surface area (Å²) in [5, 5.41) is 23.7. The smallest absolute Gasteiger partial charge is 0.336 e. The number of carbonyl (C=O) groups excluding carboxylic acids is 2. The molecule has 0 spiro atoms. The first-order valence-electron chi connectivity index (χ1n) is 8.07. The average Bonchev–Trinajstić information content (AvgIpc) is 2.64. The van der Waals surface area contributed by atoms with Crippen LogP contribution in [0.4, 0.5) is 5.69 Å².